The van der Waals surface area contributed by atoms with Crippen molar-refractivity contribution in [2.45, 2.75) is 13.8 Å². The number of fused-ring (bicyclic) bond motifs is 1. The number of hydrogen-bond acceptors (Lipinski definition) is 4. The number of benzene rings is 2. The summed E-state index contributed by atoms with van der Waals surface area (Å²) in [5, 5.41) is 3.61. The summed E-state index contributed by atoms with van der Waals surface area (Å²) < 4.78 is 5.91. The third-order valence-electron chi connectivity index (χ3n) is 4.55. The molecule has 7 nitrogen and oxygen atoms in total. The lowest BCUT2D eigenvalue weighted by Gasteiger charge is -2.13. The van der Waals surface area contributed by atoms with Gasteiger partial charge in [-0.3, -0.25) is 14.6 Å². The number of aromatic nitrogens is 1. The van der Waals surface area contributed by atoms with Gasteiger partial charge in [-0.05, 0) is 55.3 Å². The average molecular weight is 416 g/mol. The Kier molecular flexibility index (Phi) is 6.67. The van der Waals surface area contributed by atoms with Gasteiger partial charge >= 0.3 is 0 Å². The van der Waals surface area contributed by atoms with Gasteiger partial charge in [0.15, 0.2) is 0 Å². The number of hydrogen-bond donors (Lipinski definition) is 3. The number of nitrogens with one attached hydrogen (secondary N) is 2. The van der Waals surface area contributed by atoms with Gasteiger partial charge in [0.2, 0.25) is 5.91 Å². The minimum Gasteiger partial charge on any atom is -0.488 e. The summed E-state index contributed by atoms with van der Waals surface area (Å²) in [6.07, 6.45) is 6.49. The van der Waals surface area contributed by atoms with Crippen molar-refractivity contribution >= 4 is 34.1 Å². The third-order valence-corrected chi connectivity index (χ3v) is 4.55. The van der Waals surface area contributed by atoms with E-state index in [-0.39, 0.29) is 5.91 Å². The number of primary amides is 1. The molecule has 0 bridgehead atoms. The molecule has 7 heteroatoms. The van der Waals surface area contributed by atoms with Gasteiger partial charge in [0, 0.05) is 29.5 Å². The second-order valence-electron chi connectivity index (χ2n) is 6.87. The highest BCUT2D eigenvalue weighted by Gasteiger charge is 2.14. The maximum Gasteiger partial charge on any atom is 0.250 e. The molecule has 0 spiro atoms. The molecule has 0 atom stereocenters. The minimum absolute atomic E-state index is 0.294. The first-order valence-corrected chi connectivity index (χ1v) is 9.69. The lowest BCUT2D eigenvalue weighted by Crippen LogP contribution is -2.11. The molecule has 3 rings (SSSR count). The number of carbonyl (C=O) groups excluding carboxylic acids is 2. The summed E-state index contributed by atoms with van der Waals surface area (Å²) >= 11 is 0. The van der Waals surface area contributed by atoms with Gasteiger partial charge in [-0.2, -0.15) is 0 Å². The number of H-pyrrole nitrogens is 1. The van der Waals surface area contributed by atoms with Gasteiger partial charge in [0.25, 0.3) is 5.91 Å². The number of nitrogens with zero attached hydrogens (tertiary/aromatic N) is 1. The van der Waals surface area contributed by atoms with Crippen molar-refractivity contribution in [3.63, 3.8) is 0 Å². The highest BCUT2D eigenvalue weighted by molar-refractivity contribution is 6.09. The molecule has 3 aromatic rings. The van der Waals surface area contributed by atoms with E-state index in [4.69, 9.17) is 10.5 Å². The van der Waals surface area contributed by atoms with E-state index in [9.17, 15) is 9.59 Å². The summed E-state index contributed by atoms with van der Waals surface area (Å²) in [4.78, 5) is 31.0. The van der Waals surface area contributed by atoms with Crippen molar-refractivity contribution in [3.8, 4) is 16.9 Å². The number of anilines is 1. The standard InChI is InChI=1S/C24H24N4O3/c1-4-9-26-15(3)14-31-18-12-16(11-17(13-18)28-22(29)5-2)19-6-7-21(24(25)30)23-20(19)8-10-27-23/h4-13,27H,2,14H2,1,3H3,(H2,25,30)(H,28,29)/b9-4-,26-15?. The van der Waals surface area contributed by atoms with Crippen LogP contribution in [-0.4, -0.2) is 29.1 Å². The first kappa shape index (κ1) is 21.6. The molecule has 2 amide bonds. The molecule has 0 unspecified atom stereocenters. The van der Waals surface area contributed by atoms with Crippen LogP contribution in [0.25, 0.3) is 22.0 Å². The van der Waals surface area contributed by atoms with Gasteiger partial charge in [0.05, 0.1) is 16.8 Å². The molecular weight excluding hydrogens is 392 g/mol. The van der Waals surface area contributed by atoms with Crippen LogP contribution in [0, 0.1) is 0 Å². The summed E-state index contributed by atoms with van der Waals surface area (Å²) in [5.74, 6) is -0.273. The first-order valence-electron chi connectivity index (χ1n) is 9.69. The largest absolute Gasteiger partial charge is 0.488 e. The molecule has 2 aromatic carbocycles. The lowest BCUT2D eigenvalue weighted by molar-refractivity contribution is -0.111. The zero-order chi connectivity index (χ0) is 22.4. The Morgan fingerprint density at radius 1 is 1.26 bits per heavy atom. The molecule has 0 aliphatic rings. The molecule has 1 heterocycles. The van der Waals surface area contributed by atoms with Crippen LogP contribution in [0.4, 0.5) is 5.69 Å². The van der Waals surface area contributed by atoms with Crippen LogP contribution in [0.3, 0.4) is 0 Å². The maximum absolute atomic E-state index is 11.9. The predicted molar refractivity (Wildman–Crippen MR) is 124 cm³/mol. The number of rotatable bonds is 8. The Morgan fingerprint density at radius 3 is 2.77 bits per heavy atom. The fourth-order valence-electron chi connectivity index (χ4n) is 3.14. The lowest BCUT2D eigenvalue weighted by atomic mass is 9.98. The van der Waals surface area contributed by atoms with Crippen molar-refractivity contribution in [2.24, 2.45) is 10.7 Å². The van der Waals surface area contributed by atoms with E-state index in [1.165, 1.54) is 6.08 Å². The first-order chi connectivity index (χ1) is 14.9. The van der Waals surface area contributed by atoms with Gasteiger partial charge < -0.3 is 20.8 Å². The third kappa shape index (κ3) is 5.08. The molecule has 0 saturated carbocycles. The number of amides is 2. The van der Waals surface area contributed by atoms with Crippen LogP contribution in [-0.2, 0) is 4.79 Å². The van der Waals surface area contributed by atoms with Crippen LogP contribution in [0.2, 0.25) is 0 Å². The van der Waals surface area contributed by atoms with Crippen molar-refractivity contribution in [3.05, 3.63) is 73.1 Å². The molecule has 0 aliphatic heterocycles. The van der Waals surface area contributed by atoms with Gasteiger partial charge in [-0.1, -0.05) is 18.7 Å². The van der Waals surface area contributed by atoms with Crippen LogP contribution in [0.15, 0.2) is 72.5 Å². The van der Waals surface area contributed by atoms with Crippen LogP contribution >= 0.6 is 0 Å². The van der Waals surface area contributed by atoms with E-state index in [2.05, 4.69) is 21.9 Å². The quantitative estimate of drug-likeness (QED) is 0.373. The minimum atomic E-state index is -0.508. The zero-order valence-electron chi connectivity index (χ0n) is 17.4. The Morgan fingerprint density at radius 2 is 2.06 bits per heavy atom. The van der Waals surface area contributed by atoms with Crippen molar-refractivity contribution < 1.29 is 14.3 Å². The highest BCUT2D eigenvalue weighted by Crippen LogP contribution is 2.34. The summed E-state index contributed by atoms with van der Waals surface area (Å²) in [6.45, 7) is 7.55. The predicted octanol–water partition coefficient (Wildman–Crippen LogP) is 4.43. The second kappa shape index (κ2) is 9.58. The Hall–Kier alpha value is -4.13. The Balaban J connectivity index is 2.06. The zero-order valence-corrected chi connectivity index (χ0v) is 17.4. The highest BCUT2D eigenvalue weighted by atomic mass is 16.5. The van der Waals surface area contributed by atoms with E-state index in [1.54, 1.807) is 24.5 Å². The summed E-state index contributed by atoms with van der Waals surface area (Å²) in [7, 11) is 0. The van der Waals surface area contributed by atoms with E-state index < -0.39 is 5.91 Å². The number of allylic oxidation sites excluding steroid dienone is 1. The SMILES string of the molecule is C=CC(=O)Nc1cc(OCC(C)=N/C=C\C)cc(-c2ccc(C(N)=O)c3[nH]ccc23)c1. The van der Waals surface area contributed by atoms with Crippen LogP contribution < -0.4 is 15.8 Å². The molecular formula is C24H24N4O3. The molecule has 0 saturated heterocycles. The van der Waals surface area contributed by atoms with E-state index >= 15 is 0 Å². The number of ether oxygens (including phenoxy) is 1. The summed E-state index contributed by atoms with van der Waals surface area (Å²) in [5.41, 5.74) is 9.59. The van der Waals surface area contributed by atoms with E-state index in [0.717, 1.165) is 22.2 Å². The van der Waals surface area contributed by atoms with Crippen LogP contribution in [0.1, 0.15) is 24.2 Å². The normalized spacial score (nSPS) is 11.6. The van der Waals surface area contributed by atoms with Gasteiger partial charge in [-0.15, -0.1) is 0 Å². The fraction of sp³-hybridized carbons (Fsp3) is 0.125. The number of carbonyl (C=O) groups is 2. The number of nitrogens with two attached hydrogens (primary N) is 1. The fourth-order valence-corrected chi connectivity index (χ4v) is 3.14. The molecule has 0 aliphatic carbocycles. The molecule has 158 valence electrons. The molecule has 0 radical (unpaired) electrons. The maximum atomic E-state index is 11.9. The van der Waals surface area contributed by atoms with E-state index in [1.807, 2.05) is 44.2 Å². The molecule has 4 N–H and O–H groups in total. The molecule has 0 fully saturated rings. The molecule has 31 heavy (non-hydrogen) atoms. The van der Waals surface area contributed by atoms with Gasteiger partial charge in [-0.25, -0.2) is 0 Å². The molecule has 1 aromatic heterocycles. The summed E-state index contributed by atoms with van der Waals surface area (Å²) in [6, 6.07) is 10.8. The Labute approximate surface area is 180 Å². The number of aromatic amines is 1. The average Bonchev–Trinajstić information content (AvgIpc) is 3.25. The van der Waals surface area contributed by atoms with Crippen LogP contribution in [0.5, 0.6) is 5.75 Å². The van der Waals surface area contributed by atoms with Gasteiger partial charge in [0.1, 0.15) is 12.4 Å². The van der Waals surface area contributed by atoms with E-state index in [0.29, 0.717) is 29.1 Å². The Bertz CT molecular complexity index is 1200. The van der Waals surface area contributed by atoms with Crippen molar-refractivity contribution in [1.82, 2.24) is 4.98 Å². The van der Waals surface area contributed by atoms with Crippen molar-refractivity contribution in [1.29, 1.82) is 0 Å². The second-order valence-corrected chi connectivity index (χ2v) is 6.87. The number of aliphatic imine (C=N–C) groups is 1. The van der Waals surface area contributed by atoms with Crippen molar-refractivity contribution in [2.75, 3.05) is 11.9 Å². The smallest absolute Gasteiger partial charge is 0.250 e. The monoisotopic (exact) mass is 416 g/mol. The topological polar surface area (TPSA) is 110 Å².